The van der Waals surface area contributed by atoms with Crippen molar-refractivity contribution < 1.29 is 28.0 Å². The molecule has 1 aromatic carbocycles. The highest BCUT2D eigenvalue weighted by molar-refractivity contribution is 6.03. The Morgan fingerprint density at radius 3 is 2.71 bits per heavy atom. The number of carbonyl (C=O) groups is 3. The van der Waals surface area contributed by atoms with E-state index in [4.69, 9.17) is 9.26 Å². The number of rotatable bonds is 2. The third-order valence-electron chi connectivity index (χ3n) is 6.31. The smallest absolute Gasteiger partial charge is 0.328 e. The molecular weight excluding hydrogens is 459 g/mol. The summed E-state index contributed by atoms with van der Waals surface area (Å²) >= 11 is 0. The number of aromatic nitrogens is 3. The van der Waals surface area contributed by atoms with Crippen LogP contribution in [0.2, 0.25) is 0 Å². The van der Waals surface area contributed by atoms with Crippen molar-refractivity contribution in [1.82, 2.24) is 25.8 Å². The Labute approximate surface area is 199 Å². The molecule has 12 heteroatoms. The Hall–Kier alpha value is -3.93. The number of nitrogens with zero attached hydrogens (tertiary/aromatic N) is 4. The molecule has 182 valence electrons. The lowest BCUT2D eigenvalue weighted by molar-refractivity contribution is -0.128. The zero-order chi connectivity index (χ0) is 24.9. The van der Waals surface area contributed by atoms with Crippen LogP contribution in [0.1, 0.15) is 26.3 Å². The first-order chi connectivity index (χ1) is 16.7. The van der Waals surface area contributed by atoms with Gasteiger partial charge in [0.2, 0.25) is 17.4 Å². The molecular formula is C23H23FN6O5. The van der Waals surface area contributed by atoms with E-state index < -0.39 is 41.7 Å². The standard InChI is InChI=1S/C23H23FN6O5/c1-10-9-30-19(11(2)34-10)15(22(32)28-23(33)27-12(3)31)7-13-6-14-18(16-8-25-4-5-26-16)29-35-21(14)17(24)20(13)30/h4-6,8,10-11,15,19H,7,9H2,1-3H3,(H2,27,28,31,32,33)/t10-,11+,15?,19-/m1/s1. The topological polar surface area (TPSA) is 140 Å². The SMILES string of the molecule is CC(=O)NC(=O)NC(=O)C1Cc2cc3c(-c4cnccn4)noc3c(F)c2N2C[C@@H](C)O[C@@H](C)[C@H]12. The quantitative estimate of drug-likeness (QED) is 0.561. The maximum absolute atomic E-state index is 15.9. The number of urea groups is 1. The zero-order valence-electron chi connectivity index (χ0n) is 19.2. The van der Waals surface area contributed by atoms with Gasteiger partial charge in [0, 0.05) is 25.9 Å². The lowest BCUT2D eigenvalue weighted by Gasteiger charge is -2.50. The van der Waals surface area contributed by atoms with Gasteiger partial charge in [0.25, 0.3) is 0 Å². The number of benzene rings is 1. The Kier molecular flexibility index (Phi) is 5.67. The van der Waals surface area contributed by atoms with Gasteiger partial charge in [-0.2, -0.15) is 0 Å². The first kappa shape index (κ1) is 22.8. The minimum atomic E-state index is -0.914. The molecule has 4 heterocycles. The van der Waals surface area contributed by atoms with Crippen molar-refractivity contribution >= 4 is 34.5 Å². The molecule has 0 radical (unpaired) electrons. The van der Waals surface area contributed by atoms with E-state index in [1.807, 2.05) is 24.1 Å². The summed E-state index contributed by atoms with van der Waals surface area (Å²) in [5.41, 5.74) is 1.63. The van der Waals surface area contributed by atoms with Crippen molar-refractivity contribution in [2.75, 3.05) is 11.4 Å². The Bertz CT molecular complexity index is 1330. The van der Waals surface area contributed by atoms with E-state index in [0.29, 0.717) is 34.6 Å². The fraction of sp³-hybridized carbons (Fsp3) is 0.391. The number of amides is 4. The number of anilines is 1. The van der Waals surface area contributed by atoms with Gasteiger partial charge >= 0.3 is 6.03 Å². The number of hydrogen-bond acceptors (Lipinski definition) is 9. The second-order valence-electron chi connectivity index (χ2n) is 8.80. The predicted octanol–water partition coefficient (Wildman–Crippen LogP) is 1.95. The summed E-state index contributed by atoms with van der Waals surface area (Å²) < 4.78 is 27.3. The van der Waals surface area contributed by atoms with Gasteiger partial charge in [0.1, 0.15) is 11.4 Å². The second kappa shape index (κ2) is 8.69. The monoisotopic (exact) mass is 482 g/mol. The maximum Gasteiger partial charge on any atom is 0.328 e. The number of halogens is 1. The van der Waals surface area contributed by atoms with E-state index in [1.54, 1.807) is 6.07 Å². The van der Waals surface area contributed by atoms with E-state index in [9.17, 15) is 14.4 Å². The van der Waals surface area contributed by atoms with Crippen molar-refractivity contribution in [2.45, 2.75) is 45.4 Å². The van der Waals surface area contributed by atoms with E-state index >= 15 is 4.39 Å². The summed E-state index contributed by atoms with van der Waals surface area (Å²) in [5.74, 6) is -2.52. The van der Waals surface area contributed by atoms with Crippen LogP contribution >= 0.6 is 0 Å². The van der Waals surface area contributed by atoms with E-state index in [1.165, 1.54) is 25.5 Å². The number of nitrogens with one attached hydrogen (secondary N) is 2. The lowest BCUT2D eigenvalue weighted by atomic mass is 9.80. The highest BCUT2D eigenvalue weighted by Gasteiger charge is 2.47. The minimum absolute atomic E-state index is 0.0151. The average Bonchev–Trinajstić information content (AvgIpc) is 3.22. The molecule has 35 heavy (non-hydrogen) atoms. The van der Waals surface area contributed by atoms with Gasteiger partial charge in [0.05, 0.1) is 41.4 Å². The van der Waals surface area contributed by atoms with Crippen LogP contribution in [0.4, 0.5) is 14.9 Å². The molecule has 5 rings (SSSR count). The normalized spacial score (nSPS) is 23.4. The fourth-order valence-electron chi connectivity index (χ4n) is 5.08. The van der Waals surface area contributed by atoms with Gasteiger partial charge in [0.15, 0.2) is 5.82 Å². The molecule has 11 nitrogen and oxygen atoms in total. The molecule has 3 aromatic rings. The first-order valence-electron chi connectivity index (χ1n) is 11.2. The molecule has 0 bridgehead atoms. The van der Waals surface area contributed by atoms with Gasteiger partial charge in [-0.25, -0.2) is 9.18 Å². The van der Waals surface area contributed by atoms with Gasteiger partial charge in [-0.15, -0.1) is 0 Å². The van der Waals surface area contributed by atoms with Crippen molar-refractivity contribution in [1.29, 1.82) is 0 Å². The molecule has 1 saturated heterocycles. The third-order valence-corrected chi connectivity index (χ3v) is 6.31. The van der Waals surface area contributed by atoms with Gasteiger partial charge in [-0.3, -0.25) is 30.2 Å². The van der Waals surface area contributed by atoms with Crippen LogP contribution in [0.3, 0.4) is 0 Å². The molecule has 1 fully saturated rings. The number of morpholine rings is 1. The van der Waals surface area contributed by atoms with Crippen LogP contribution in [0.15, 0.2) is 29.2 Å². The highest BCUT2D eigenvalue weighted by Crippen LogP contribution is 2.44. The number of carbonyl (C=O) groups excluding carboxylic acids is 3. The summed E-state index contributed by atoms with van der Waals surface area (Å²) in [4.78, 5) is 46.5. The fourth-order valence-corrected chi connectivity index (χ4v) is 5.08. The van der Waals surface area contributed by atoms with Crippen molar-refractivity contribution in [2.24, 2.45) is 5.92 Å². The van der Waals surface area contributed by atoms with Crippen LogP contribution in [0.5, 0.6) is 0 Å². The minimum Gasteiger partial charge on any atom is -0.372 e. The van der Waals surface area contributed by atoms with Crippen molar-refractivity contribution in [3.05, 3.63) is 36.0 Å². The molecule has 2 aromatic heterocycles. The van der Waals surface area contributed by atoms with Crippen LogP contribution in [-0.4, -0.2) is 57.8 Å². The number of imide groups is 2. The van der Waals surface area contributed by atoms with E-state index in [-0.39, 0.29) is 18.1 Å². The molecule has 1 unspecified atom stereocenters. The average molecular weight is 482 g/mol. The number of hydrogen-bond donors (Lipinski definition) is 2. The van der Waals surface area contributed by atoms with Crippen LogP contribution in [-0.2, 0) is 20.7 Å². The van der Waals surface area contributed by atoms with Crippen molar-refractivity contribution in [3.63, 3.8) is 0 Å². The largest absolute Gasteiger partial charge is 0.372 e. The van der Waals surface area contributed by atoms with Crippen LogP contribution in [0, 0.1) is 11.7 Å². The van der Waals surface area contributed by atoms with E-state index in [0.717, 1.165) is 0 Å². The zero-order valence-corrected chi connectivity index (χ0v) is 19.2. The van der Waals surface area contributed by atoms with E-state index in [2.05, 4.69) is 20.4 Å². The van der Waals surface area contributed by atoms with Crippen LogP contribution < -0.4 is 15.5 Å². The summed E-state index contributed by atoms with van der Waals surface area (Å²) in [6, 6.07) is 0.284. The molecule has 0 spiro atoms. The Morgan fingerprint density at radius 2 is 2.00 bits per heavy atom. The number of ether oxygens (including phenoxy) is 1. The van der Waals surface area contributed by atoms with Gasteiger partial charge in [-0.05, 0) is 31.9 Å². The highest BCUT2D eigenvalue weighted by atomic mass is 19.1. The summed E-state index contributed by atoms with van der Waals surface area (Å²) in [7, 11) is 0. The molecule has 4 amide bonds. The molecule has 2 aliphatic heterocycles. The molecule has 0 saturated carbocycles. The summed E-state index contributed by atoms with van der Waals surface area (Å²) in [5, 5.41) is 8.69. The third kappa shape index (κ3) is 3.99. The molecule has 4 atom stereocenters. The number of fused-ring (bicyclic) bond motifs is 4. The predicted molar refractivity (Wildman–Crippen MR) is 121 cm³/mol. The first-order valence-corrected chi connectivity index (χ1v) is 11.2. The Morgan fingerprint density at radius 1 is 1.20 bits per heavy atom. The Balaban J connectivity index is 1.60. The van der Waals surface area contributed by atoms with Crippen LogP contribution in [0.25, 0.3) is 22.4 Å². The molecule has 2 N–H and O–H groups in total. The van der Waals surface area contributed by atoms with Crippen molar-refractivity contribution in [3.8, 4) is 11.4 Å². The summed E-state index contributed by atoms with van der Waals surface area (Å²) in [6.07, 6.45) is 3.99. The molecule has 0 aliphatic carbocycles. The van der Waals surface area contributed by atoms with Gasteiger partial charge < -0.3 is 14.2 Å². The molecule has 2 aliphatic rings. The maximum atomic E-state index is 15.9. The van der Waals surface area contributed by atoms with Gasteiger partial charge in [-0.1, -0.05) is 5.16 Å². The lowest BCUT2D eigenvalue weighted by Crippen LogP contribution is -2.62. The summed E-state index contributed by atoms with van der Waals surface area (Å²) in [6.45, 7) is 5.18. The second-order valence-corrected chi connectivity index (χ2v) is 8.80.